The maximum Gasteiger partial charge on any atom is 0.238 e. The molecule has 0 aromatic heterocycles. The number of carbonyl (C=O) groups excluding carboxylic acids is 1. The second-order valence-electron chi connectivity index (χ2n) is 5.42. The third kappa shape index (κ3) is 5.48. The first-order chi connectivity index (χ1) is 10.2. The van der Waals surface area contributed by atoms with Crippen LogP contribution in [0.3, 0.4) is 0 Å². The van der Waals surface area contributed by atoms with Gasteiger partial charge in [-0.3, -0.25) is 9.69 Å². The lowest BCUT2D eigenvalue weighted by atomic mass is 10.1. The Morgan fingerprint density at radius 2 is 2.18 bits per heavy atom. The smallest absolute Gasteiger partial charge is 0.238 e. The number of anilines is 1. The van der Waals surface area contributed by atoms with Crippen molar-refractivity contribution in [3.8, 4) is 5.75 Å². The quantitative estimate of drug-likeness (QED) is 0.804. The van der Waals surface area contributed by atoms with E-state index in [2.05, 4.69) is 15.5 Å². The number of ether oxygens (including phenoxy) is 1. The molecule has 1 heterocycles. The molecule has 0 aliphatic carbocycles. The highest BCUT2D eigenvalue weighted by Crippen LogP contribution is 2.23. The summed E-state index contributed by atoms with van der Waals surface area (Å²) in [5, 5.41) is 6.15. The van der Waals surface area contributed by atoms with Crippen LogP contribution in [0.2, 0.25) is 0 Å². The number of halogens is 1. The number of nitrogens with zero attached hydrogens (tertiary/aromatic N) is 1. The number of amides is 1. The summed E-state index contributed by atoms with van der Waals surface area (Å²) in [5.41, 5.74) is 0.746. The lowest BCUT2D eigenvalue weighted by molar-refractivity contribution is -0.117. The Morgan fingerprint density at radius 1 is 1.41 bits per heavy atom. The van der Waals surface area contributed by atoms with Crippen LogP contribution in [0.5, 0.6) is 5.75 Å². The molecule has 22 heavy (non-hydrogen) atoms. The van der Waals surface area contributed by atoms with Crippen molar-refractivity contribution >= 4 is 24.0 Å². The van der Waals surface area contributed by atoms with Crippen LogP contribution in [0, 0.1) is 5.92 Å². The van der Waals surface area contributed by atoms with Gasteiger partial charge in [-0.1, -0.05) is 12.1 Å². The highest BCUT2D eigenvalue weighted by molar-refractivity contribution is 5.93. The minimum atomic E-state index is 0. The summed E-state index contributed by atoms with van der Waals surface area (Å²) in [6.07, 6.45) is 1.16. The van der Waals surface area contributed by atoms with Crippen LogP contribution >= 0.6 is 12.4 Å². The van der Waals surface area contributed by atoms with E-state index in [1.165, 1.54) is 0 Å². The first kappa shape index (κ1) is 18.7. The first-order valence-corrected chi connectivity index (χ1v) is 7.61. The predicted molar refractivity (Wildman–Crippen MR) is 92.0 cm³/mol. The molecule has 5 nitrogen and oxygen atoms in total. The van der Waals surface area contributed by atoms with Gasteiger partial charge in [-0.2, -0.15) is 0 Å². The van der Waals surface area contributed by atoms with E-state index in [9.17, 15) is 4.79 Å². The Kier molecular flexibility index (Phi) is 8.24. The molecule has 1 atom stereocenters. The van der Waals surface area contributed by atoms with Gasteiger partial charge in [-0.25, -0.2) is 0 Å². The minimum Gasteiger partial charge on any atom is -0.492 e. The average molecular weight is 328 g/mol. The van der Waals surface area contributed by atoms with Crippen LogP contribution in [-0.2, 0) is 4.79 Å². The van der Waals surface area contributed by atoms with Crippen LogP contribution in [0.15, 0.2) is 24.3 Å². The molecule has 2 rings (SSSR count). The number of nitrogens with one attached hydrogen (secondary N) is 2. The van der Waals surface area contributed by atoms with Crippen molar-refractivity contribution in [2.45, 2.75) is 13.3 Å². The van der Waals surface area contributed by atoms with Gasteiger partial charge in [0.15, 0.2) is 0 Å². The Bertz CT molecular complexity index is 470. The molecule has 6 heteroatoms. The maximum absolute atomic E-state index is 12.2. The van der Waals surface area contributed by atoms with Crippen LogP contribution in [-0.4, -0.2) is 50.6 Å². The van der Waals surface area contributed by atoms with Gasteiger partial charge in [0.25, 0.3) is 0 Å². The number of likely N-dealkylation sites (tertiary alicyclic amines) is 1. The highest BCUT2D eigenvalue weighted by atomic mass is 35.5. The molecule has 1 fully saturated rings. The van der Waals surface area contributed by atoms with Crippen molar-refractivity contribution in [1.29, 1.82) is 0 Å². The molecular formula is C16H26ClN3O2. The van der Waals surface area contributed by atoms with E-state index in [0.29, 0.717) is 19.1 Å². The van der Waals surface area contributed by atoms with Crippen LogP contribution < -0.4 is 15.4 Å². The van der Waals surface area contributed by atoms with E-state index in [0.717, 1.165) is 37.5 Å². The molecule has 1 unspecified atom stereocenters. The van der Waals surface area contributed by atoms with Gasteiger partial charge in [0.05, 0.1) is 18.8 Å². The Hall–Kier alpha value is -1.30. The van der Waals surface area contributed by atoms with Gasteiger partial charge in [0.1, 0.15) is 5.75 Å². The average Bonchev–Trinajstić information content (AvgIpc) is 2.89. The van der Waals surface area contributed by atoms with E-state index in [-0.39, 0.29) is 18.3 Å². The fourth-order valence-electron chi connectivity index (χ4n) is 2.76. The number of benzene rings is 1. The summed E-state index contributed by atoms with van der Waals surface area (Å²) in [7, 11) is 1.97. The molecule has 2 N–H and O–H groups in total. The normalized spacial score (nSPS) is 17.8. The fourth-order valence-corrected chi connectivity index (χ4v) is 2.76. The zero-order valence-corrected chi connectivity index (χ0v) is 14.1. The van der Waals surface area contributed by atoms with Crippen molar-refractivity contribution in [2.75, 3.05) is 45.2 Å². The monoisotopic (exact) mass is 327 g/mol. The number of hydrogen-bond donors (Lipinski definition) is 2. The zero-order valence-electron chi connectivity index (χ0n) is 13.3. The van der Waals surface area contributed by atoms with Gasteiger partial charge in [-0.05, 0) is 51.5 Å². The minimum absolute atomic E-state index is 0. The van der Waals surface area contributed by atoms with Crippen molar-refractivity contribution < 1.29 is 9.53 Å². The van der Waals surface area contributed by atoms with Crippen molar-refractivity contribution in [1.82, 2.24) is 10.2 Å². The lowest BCUT2D eigenvalue weighted by Gasteiger charge is -2.16. The molecule has 1 saturated heterocycles. The molecular weight excluding hydrogens is 302 g/mol. The van der Waals surface area contributed by atoms with E-state index >= 15 is 0 Å². The summed E-state index contributed by atoms with van der Waals surface area (Å²) < 4.78 is 5.52. The predicted octanol–water partition coefficient (Wildman–Crippen LogP) is 1.99. The molecule has 124 valence electrons. The molecule has 1 aromatic carbocycles. The molecule has 1 amide bonds. The maximum atomic E-state index is 12.2. The largest absolute Gasteiger partial charge is 0.492 e. The number of carbonyl (C=O) groups is 1. The highest BCUT2D eigenvalue weighted by Gasteiger charge is 2.23. The van der Waals surface area contributed by atoms with E-state index < -0.39 is 0 Å². The van der Waals surface area contributed by atoms with Crippen molar-refractivity contribution in [2.24, 2.45) is 5.92 Å². The third-order valence-corrected chi connectivity index (χ3v) is 3.69. The first-order valence-electron chi connectivity index (χ1n) is 7.61. The van der Waals surface area contributed by atoms with Gasteiger partial charge >= 0.3 is 0 Å². The number of hydrogen-bond acceptors (Lipinski definition) is 4. The molecule has 0 saturated carbocycles. The fraction of sp³-hybridized carbons (Fsp3) is 0.562. The summed E-state index contributed by atoms with van der Waals surface area (Å²) in [6, 6.07) is 7.55. The van der Waals surface area contributed by atoms with Crippen molar-refractivity contribution in [3.05, 3.63) is 24.3 Å². The topological polar surface area (TPSA) is 53.6 Å². The Labute approximate surface area is 138 Å². The molecule has 0 bridgehead atoms. The van der Waals surface area contributed by atoms with Gasteiger partial charge in [0.2, 0.25) is 5.91 Å². The van der Waals surface area contributed by atoms with Gasteiger partial charge in [0, 0.05) is 6.54 Å². The Balaban J connectivity index is 0.00000242. The zero-order chi connectivity index (χ0) is 15.1. The summed E-state index contributed by atoms with van der Waals surface area (Å²) in [6.45, 7) is 5.97. The molecule has 1 aliphatic heterocycles. The molecule has 0 spiro atoms. The van der Waals surface area contributed by atoms with E-state index in [1.54, 1.807) is 0 Å². The second-order valence-corrected chi connectivity index (χ2v) is 5.42. The lowest BCUT2D eigenvalue weighted by Crippen LogP contribution is -2.32. The summed E-state index contributed by atoms with van der Waals surface area (Å²) in [4.78, 5) is 14.4. The van der Waals surface area contributed by atoms with Crippen LogP contribution in [0.4, 0.5) is 5.69 Å². The summed E-state index contributed by atoms with van der Waals surface area (Å²) in [5.74, 6) is 1.40. The number of para-hydroxylation sites is 2. The van der Waals surface area contributed by atoms with E-state index in [1.807, 2.05) is 38.2 Å². The van der Waals surface area contributed by atoms with Gasteiger partial charge < -0.3 is 15.4 Å². The summed E-state index contributed by atoms with van der Waals surface area (Å²) >= 11 is 0. The number of rotatable bonds is 7. The van der Waals surface area contributed by atoms with Crippen LogP contribution in [0.25, 0.3) is 0 Å². The van der Waals surface area contributed by atoms with E-state index in [4.69, 9.17) is 4.74 Å². The molecule has 0 radical (unpaired) electrons. The van der Waals surface area contributed by atoms with Crippen molar-refractivity contribution in [3.63, 3.8) is 0 Å². The third-order valence-electron chi connectivity index (χ3n) is 3.69. The Morgan fingerprint density at radius 3 is 2.91 bits per heavy atom. The second kappa shape index (κ2) is 9.66. The SMILES string of the molecule is CCOc1ccccc1NC(=O)CN1CCC(CNC)C1.Cl. The molecule has 1 aromatic rings. The van der Waals surface area contributed by atoms with Crippen LogP contribution in [0.1, 0.15) is 13.3 Å². The molecule has 1 aliphatic rings. The van der Waals surface area contributed by atoms with Gasteiger partial charge in [-0.15, -0.1) is 12.4 Å². The standard InChI is InChI=1S/C16H25N3O2.ClH/c1-3-21-15-7-5-4-6-14(15)18-16(20)12-19-9-8-13(11-19)10-17-2;/h4-7,13,17H,3,8-12H2,1-2H3,(H,18,20);1H.